The molecule has 3 heterocycles. The maximum Gasteiger partial charge on any atom is 0.245 e. The highest BCUT2D eigenvalue weighted by Crippen LogP contribution is 2.31. The predicted octanol–water partition coefficient (Wildman–Crippen LogP) is 3.90. The number of carbonyl (C=O) groups excluding carboxylic acids is 3. The third kappa shape index (κ3) is 5.59. The fourth-order valence-corrected chi connectivity index (χ4v) is 5.80. The van der Waals surface area contributed by atoms with Gasteiger partial charge in [-0.2, -0.15) is 0 Å². The Labute approximate surface area is 218 Å². The Morgan fingerprint density at radius 2 is 1.89 bits per heavy atom. The summed E-state index contributed by atoms with van der Waals surface area (Å²) in [4.78, 5) is 47.6. The zero-order chi connectivity index (χ0) is 26.0. The molecule has 1 saturated carbocycles. The van der Waals surface area contributed by atoms with Crippen LogP contribution in [-0.4, -0.2) is 75.7 Å². The summed E-state index contributed by atoms with van der Waals surface area (Å²) in [6.07, 6.45) is 10.5. The summed E-state index contributed by atoms with van der Waals surface area (Å²) < 4.78 is 1.97. The molecule has 0 bridgehead atoms. The van der Waals surface area contributed by atoms with Crippen molar-refractivity contribution in [2.24, 2.45) is 5.92 Å². The van der Waals surface area contributed by atoms with Gasteiger partial charge in [0.2, 0.25) is 11.8 Å². The topological polar surface area (TPSA) is 87.5 Å². The number of hydrogen-bond donors (Lipinski definition) is 1. The van der Waals surface area contributed by atoms with Crippen LogP contribution in [0.15, 0.2) is 18.5 Å². The molecule has 2 amide bonds. The summed E-state index contributed by atoms with van der Waals surface area (Å²) in [7, 11) is 3.74. The van der Waals surface area contributed by atoms with Crippen molar-refractivity contribution in [1.29, 1.82) is 0 Å². The minimum atomic E-state index is -0.507. The maximum absolute atomic E-state index is 14.0. The summed E-state index contributed by atoms with van der Waals surface area (Å²) in [6.45, 7) is 4.62. The highest BCUT2D eigenvalue weighted by atomic mass is 35.5. The van der Waals surface area contributed by atoms with E-state index in [2.05, 4.69) is 10.3 Å². The molecule has 3 atom stereocenters. The van der Waals surface area contributed by atoms with Gasteiger partial charge >= 0.3 is 0 Å². The van der Waals surface area contributed by atoms with Crippen LogP contribution in [0.1, 0.15) is 69.2 Å². The molecule has 2 fully saturated rings. The standard InChI is InChI=1S/C27H38ClN5O3/c1-17(31(3)4)26(35)30-24(19-9-6-5-7-10-19)27(36)33-12-8-11-21(33)15-32-16-23(18(2)34)22-13-20(28)14-29-25(22)32/h13-14,16-17,19,21,24H,5-12,15H2,1-4H3,(H,30,35)/t17-,21-,24-/m0/s1. The van der Waals surface area contributed by atoms with Crippen molar-refractivity contribution in [3.63, 3.8) is 0 Å². The molecule has 2 aromatic heterocycles. The van der Waals surface area contributed by atoms with Crippen LogP contribution < -0.4 is 5.32 Å². The molecule has 9 heteroatoms. The fraction of sp³-hybridized carbons (Fsp3) is 0.630. The van der Waals surface area contributed by atoms with Crippen LogP contribution in [0.2, 0.25) is 5.02 Å². The normalized spacial score (nSPS) is 20.6. The molecule has 1 N–H and O–H groups in total. The number of likely N-dealkylation sites (tertiary alicyclic amines) is 1. The van der Waals surface area contributed by atoms with E-state index in [0.717, 1.165) is 43.9 Å². The van der Waals surface area contributed by atoms with E-state index in [9.17, 15) is 14.4 Å². The van der Waals surface area contributed by atoms with Crippen LogP contribution in [0, 0.1) is 5.92 Å². The van der Waals surface area contributed by atoms with Crippen LogP contribution >= 0.6 is 11.6 Å². The van der Waals surface area contributed by atoms with Gasteiger partial charge in [0.25, 0.3) is 0 Å². The lowest BCUT2D eigenvalue weighted by atomic mass is 9.83. The second-order valence-corrected chi connectivity index (χ2v) is 11.1. The number of ketones is 1. The van der Waals surface area contributed by atoms with E-state index in [4.69, 9.17) is 11.6 Å². The number of amides is 2. The van der Waals surface area contributed by atoms with Gasteiger partial charge in [-0.15, -0.1) is 0 Å². The van der Waals surface area contributed by atoms with E-state index < -0.39 is 6.04 Å². The monoisotopic (exact) mass is 515 g/mol. The Morgan fingerprint density at radius 1 is 1.17 bits per heavy atom. The second-order valence-electron chi connectivity index (χ2n) is 10.6. The average Bonchev–Trinajstić information content (AvgIpc) is 3.46. The molecule has 0 aromatic carbocycles. The molecule has 2 aromatic rings. The van der Waals surface area contributed by atoms with E-state index >= 15 is 0 Å². The minimum absolute atomic E-state index is 0.0166. The van der Waals surface area contributed by atoms with Crippen molar-refractivity contribution >= 4 is 40.2 Å². The van der Waals surface area contributed by atoms with Crippen molar-refractivity contribution in [1.82, 2.24) is 24.7 Å². The van der Waals surface area contributed by atoms with E-state index in [1.165, 1.54) is 13.3 Å². The lowest BCUT2D eigenvalue weighted by molar-refractivity contribution is -0.140. The Balaban J connectivity index is 1.58. The summed E-state index contributed by atoms with van der Waals surface area (Å²) in [6, 6.07) is 0.925. The highest BCUT2D eigenvalue weighted by molar-refractivity contribution is 6.31. The van der Waals surface area contributed by atoms with Gasteiger partial charge in [-0.25, -0.2) is 4.98 Å². The third-order valence-corrected chi connectivity index (χ3v) is 8.17. The molecule has 196 valence electrons. The summed E-state index contributed by atoms with van der Waals surface area (Å²) in [5.41, 5.74) is 1.28. The van der Waals surface area contributed by atoms with Crippen molar-refractivity contribution in [2.75, 3.05) is 20.6 Å². The molecule has 0 unspecified atom stereocenters. The van der Waals surface area contributed by atoms with E-state index in [-0.39, 0.29) is 35.6 Å². The summed E-state index contributed by atoms with van der Waals surface area (Å²) in [5, 5.41) is 4.35. The number of nitrogens with zero attached hydrogens (tertiary/aromatic N) is 4. The summed E-state index contributed by atoms with van der Waals surface area (Å²) in [5.74, 6) is 0.0230. The SMILES string of the molecule is CC(=O)c1cn(C[C@@H]2CCCN2C(=O)[C@@H](NC(=O)[C@H](C)N(C)C)C2CCCCC2)c2ncc(Cl)cc12. The zero-order valence-electron chi connectivity index (χ0n) is 21.8. The molecule has 1 saturated heterocycles. The van der Waals surface area contributed by atoms with Gasteiger partial charge in [-0.1, -0.05) is 30.9 Å². The molecule has 0 spiro atoms. The van der Waals surface area contributed by atoms with Gasteiger partial charge in [-0.05, 0) is 65.6 Å². The molecule has 1 aliphatic heterocycles. The largest absolute Gasteiger partial charge is 0.343 e. The Kier molecular flexibility index (Phi) is 8.35. The molecular weight excluding hydrogens is 478 g/mol. The number of likely N-dealkylation sites (N-methyl/N-ethyl adjacent to an activating group) is 1. The summed E-state index contributed by atoms with van der Waals surface area (Å²) >= 11 is 6.16. The Hall–Kier alpha value is -2.45. The molecule has 0 radical (unpaired) electrons. The molecule has 36 heavy (non-hydrogen) atoms. The number of rotatable bonds is 8. The van der Waals surface area contributed by atoms with E-state index in [1.807, 2.05) is 41.6 Å². The van der Waals surface area contributed by atoms with Crippen LogP contribution in [-0.2, 0) is 16.1 Å². The number of aromatic nitrogens is 2. The van der Waals surface area contributed by atoms with Crippen molar-refractivity contribution in [3.8, 4) is 0 Å². The number of pyridine rings is 1. The highest BCUT2D eigenvalue weighted by Gasteiger charge is 2.39. The first-order valence-corrected chi connectivity index (χ1v) is 13.5. The number of Topliss-reactive ketones (excluding diaryl/α,β-unsaturated/α-hetero) is 1. The second kappa shape index (κ2) is 11.3. The first-order chi connectivity index (χ1) is 17.2. The molecule has 2 aliphatic rings. The van der Waals surface area contributed by atoms with E-state index in [1.54, 1.807) is 12.3 Å². The zero-order valence-corrected chi connectivity index (χ0v) is 22.6. The predicted molar refractivity (Wildman–Crippen MR) is 141 cm³/mol. The van der Waals surface area contributed by atoms with Gasteiger partial charge in [-0.3, -0.25) is 19.3 Å². The van der Waals surface area contributed by atoms with Gasteiger partial charge in [0.15, 0.2) is 5.78 Å². The third-order valence-electron chi connectivity index (χ3n) is 7.97. The van der Waals surface area contributed by atoms with Crippen molar-refractivity contribution in [2.45, 2.75) is 83.5 Å². The average molecular weight is 516 g/mol. The van der Waals surface area contributed by atoms with Crippen LogP contribution in [0.4, 0.5) is 0 Å². The van der Waals surface area contributed by atoms with Crippen LogP contribution in [0.25, 0.3) is 11.0 Å². The van der Waals surface area contributed by atoms with Crippen LogP contribution in [0.3, 0.4) is 0 Å². The van der Waals surface area contributed by atoms with Gasteiger partial charge in [0.05, 0.1) is 11.1 Å². The molecule has 1 aliphatic carbocycles. The fourth-order valence-electron chi connectivity index (χ4n) is 5.64. The van der Waals surface area contributed by atoms with Gasteiger partial charge in [0, 0.05) is 42.5 Å². The number of fused-ring (bicyclic) bond motifs is 1. The lowest BCUT2D eigenvalue weighted by Crippen LogP contribution is -2.56. The van der Waals surface area contributed by atoms with Gasteiger partial charge in [0.1, 0.15) is 11.7 Å². The molecule has 8 nitrogen and oxygen atoms in total. The minimum Gasteiger partial charge on any atom is -0.343 e. The molecule has 4 rings (SSSR count). The number of nitrogens with one attached hydrogen (secondary N) is 1. The maximum atomic E-state index is 14.0. The first-order valence-electron chi connectivity index (χ1n) is 13.1. The van der Waals surface area contributed by atoms with Crippen molar-refractivity contribution < 1.29 is 14.4 Å². The first kappa shape index (κ1) is 26.6. The van der Waals surface area contributed by atoms with Crippen LogP contribution in [0.5, 0.6) is 0 Å². The smallest absolute Gasteiger partial charge is 0.245 e. The van der Waals surface area contributed by atoms with Crippen molar-refractivity contribution in [3.05, 3.63) is 29.0 Å². The molecular formula is C27H38ClN5O3. The Bertz CT molecular complexity index is 1120. The number of hydrogen-bond acceptors (Lipinski definition) is 5. The quantitative estimate of drug-likeness (QED) is 0.539. The number of halogens is 1. The Morgan fingerprint density at radius 3 is 2.56 bits per heavy atom. The lowest BCUT2D eigenvalue weighted by Gasteiger charge is -2.36. The number of carbonyl (C=O) groups is 3. The van der Waals surface area contributed by atoms with Gasteiger partial charge < -0.3 is 14.8 Å². The van der Waals surface area contributed by atoms with E-state index in [0.29, 0.717) is 29.3 Å².